The first-order valence-electron chi connectivity index (χ1n) is 13.9. The molecule has 4 heterocycles. The molecule has 0 N–H and O–H groups in total. The van der Waals surface area contributed by atoms with Gasteiger partial charge in [0.2, 0.25) is 0 Å². The van der Waals surface area contributed by atoms with Crippen molar-refractivity contribution in [2.24, 2.45) is 12.5 Å². The van der Waals surface area contributed by atoms with Crippen molar-refractivity contribution in [1.29, 1.82) is 5.26 Å². The number of hydrogen-bond donors (Lipinski definition) is 0. The highest BCUT2D eigenvalue weighted by Gasteiger charge is 2.55. The van der Waals surface area contributed by atoms with E-state index in [0.717, 1.165) is 46.3 Å². The monoisotopic (exact) mass is 568 g/mol. The maximum atomic E-state index is 12.7. The molecule has 2 aliphatic rings. The number of anilines is 1. The Hall–Kier alpha value is -4.09. The summed E-state index contributed by atoms with van der Waals surface area (Å²) < 4.78 is 7.43. The number of aromatic nitrogens is 3. The summed E-state index contributed by atoms with van der Waals surface area (Å²) in [6.07, 6.45) is 2.39. The highest BCUT2D eigenvalue weighted by molar-refractivity contribution is 6.34. The van der Waals surface area contributed by atoms with E-state index in [-0.39, 0.29) is 17.6 Å². The molecule has 2 fully saturated rings. The molecule has 41 heavy (non-hydrogen) atoms. The first-order chi connectivity index (χ1) is 19.5. The van der Waals surface area contributed by atoms with Gasteiger partial charge in [-0.3, -0.25) is 4.68 Å². The largest absolute Gasteiger partial charge is 0.444 e. The van der Waals surface area contributed by atoms with Gasteiger partial charge in [0.15, 0.2) is 0 Å². The lowest BCUT2D eigenvalue weighted by Crippen LogP contribution is -2.63. The number of benzene rings is 2. The van der Waals surface area contributed by atoms with Crippen LogP contribution in [-0.4, -0.2) is 57.0 Å². The third-order valence-electron chi connectivity index (χ3n) is 8.48. The number of carbonyl (C=O) groups is 1. The number of aryl methyl sites for hydroxylation is 1. The Bertz CT molecular complexity index is 1710. The SMILES string of the molecule is CC1N(c2nc3cc(-c4ccnn4C)ccc3c(-c3ccccc3Cl)c2C#N)CCC12CN(C(=O)OC(C)(C)C)C2. The number of nitriles is 1. The van der Waals surface area contributed by atoms with E-state index >= 15 is 0 Å². The number of halogens is 1. The molecule has 2 aromatic heterocycles. The number of ether oxygens (including phenoxy) is 1. The second-order valence-corrected chi connectivity index (χ2v) is 12.6. The lowest BCUT2D eigenvalue weighted by Gasteiger charge is -2.51. The zero-order chi connectivity index (χ0) is 29.1. The molecule has 0 saturated carbocycles. The average Bonchev–Trinajstić information content (AvgIpc) is 3.48. The molecular formula is C32H33ClN6O2. The molecule has 1 unspecified atom stereocenters. The molecule has 4 aromatic rings. The molecule has 0 aliphatic carbocycles. The van der Waals surface area contributed by atoms with Crippen LogP contribution in [0.5, 0.6) is 0 Å². The van der Waals surface area contributed by atoms with Gasteiger partial charge in [-0.2, -0.15) is 10.4 Å². The molecule has 2 aromatic carbocycles. The number of rotatable bonds is 3. The predicted octanol–water partition coefficient (Wildman–Crippen LogP) is 6.66. The topological polar surface area (TPSA) is 87.3 Å². The smallest absolute Gasteiger partial charge is 0.410 e. The maximum absolute atomic E-state index is 12.7. The third-order valence-corrected chi connectivity index (χ3v) is 8.81. The Balaban J connectivity index is 1.44. The van der Waals surface area contributed by atoms with Crippen molar-refractivity contribution in [1.82, 2.24) is 19.7 Å². The number of hydrogen-bond acceptors (Lipinski definition) is 6. The van der Waals surface area contributed by atoms with Crippen molar-refractivity contribution in [3.8, 4) is 28.5 Å². The quantitative estimate of drug-likeness (QED) is 0.274. The summed E-state index contributed by atoms with van der Waals surface area (Å²) in [5.41, 5.74) is 4.22. The molecule has 6 rings (SSSR count). The molecule has 2 saturated heterocycles. The van der Waals surface area contributed by atoms with Crippen LogP contribution in [0.25, 0.3) is 33.3 Å². The van der Waals surface area contributed by atoms with Crippen molar-refractivity contribution >= 4 is 34.4 Å². The summed E-state index contributed by atoms with van der Waals surface area (Å²) in [5.74, 6) is 0.650. The highest BCUT2D eigenvalue weighted by atomic mass is 35.5. The van der Waals surface area contributed by atoms with Crippen LogP contribution in [0, 0.1) is 16.7 Å². The molecule has 8 nitrogen and oxygen atoms in total. The van der Waals surface area contributed by atoms with Crippen LogP contribution in [0.1, 0.15) is 39.7 Å². The molecule has 9 heteroatoms. The molecule has 0 bridgehead atoms. The summed E-state index contributed by atoms with van der Waals surface area (Å²) in [6.45, 7) is 9.80. The number of carbonyl (C=O) groups excluding carboxylic acids is 1. The van der Waals surface area contributed by atoms with Gasteiger partial charge in [-0.15, -0.1) is 0 Å². The number of amides is 1. The first kappa shape index (κ1) is 27.1. The van der Waals surface area contributed by atoms with Crippen molar-refractivity contribution < 1.29 is 9.53 Å². The molecule has 210 valence electrons. The van der Waals surface area contributed by atoms with E-state index in [4.69, 9.17) is 21.3 Å². The minimum atomic E-state index is -0.534. The van der Waals surface area contributed by atoms with Crippen molar-refractivity contribution in [3.05, 3.63) is 65.3 Å². The van der Waals surface area contributed by atoms with E-state index < -0.39 is 5.60 Å². The van der Waals surface area contributed by atoms with Gasteiger partial charge in [-0.05, 0) is 52.3 Å². The van der Waals surface area contributed by atoms with Gasteiger partial charge in [-0.1, -0.05) is 41.9 Å². The summed E-state index contributed by atoms with van der Waals surface area (Å²) in [6, 6.07) is 18.3. The number of fused-ring (bicyclic) bond motifs is 1. The van der Waals surface area contributed by atoms with Crippen LogP contribution >= 0.6 is 11.6 Å². The summed E-state index contributed by atoms with van der Waals surface area (Å²) >= 11 is 6.73. The van der Waals surface area contributed by atoms with Gasteiger partial charge in [0.25, 0.3) is 0 Å². The Kier molecular flexibility index (Phi) is 6.46. The zero-order valence-electron chi connectivity index (χ0n) is 24.0. The molecule has 1 atom stereocenters. The minimum absolute atomic E-state index is 0.0672. The van der Waals surface area contributed by atoms with E-state index in [9.17, 15) is 10.1 Å². The fraction of sp³-hybridized carbons (Fsp3) is 0.375. The Morgan fingerprint density at radius 3 is 2.59 bits per heavy atom. The molecule has 0 radical (unpaired) electrons. The number of pyridine rings is 1. The van der Waals surface area contributed by atoms with Crippen LogP contribution in [-0.2, 0) is 11.8 Å². The van der Waals surface area contributed by atoms with Crippen molar-refractivity contribution in [2.45, 2.75) is 45.8 Å². The lowest BCUT2D eigenvalue weighted by atomic mass is 9.74. The minimum Gasteiger partial charge on any atom is -0.444 e. The second kappa shape index (κ2) is 9.78. The first-order valence-corrected chi connectivity index (χ1v) is 14.2. The Labute approximate surface area is 245 Å². The standard InChI is InChI=1S/C32H33ClN6O2/c1-20-32(18-38(19-32)30(40)41-31(2,3)4)13-15-39(20)29-24(17-34)28(22-8-6-7-9-25(22)33)23-11-10-21(16-26(23)36-29)27-12-14-35-37(27)5/h6-12,14,16,20H,13,15,18-19H2,1-5H3. The highest BCUT2D eigenvalue weighted by Crippen LogP contribution is 2.48. The molecular weight excluding hydrogens is 536 g/mol. The second-order valence-electron chi connectivity index (χ2n) is 12.2. The normalized spacial score (nSPS) is 18.0. The lowest BCUT2D eigenvalue weighted by molar-refractivity contribution is -0.0355. The van der Waals surface area contributed by atoms with Gasteiger partial charge >= 0.3 is 6.09 Å². The van der Waals surface area contributed by atoms with Gasteiger partial charge in [0.05, 0.1) is 11.2 Å². The number of nitrogens with zero attached hydrogens (tertiary/aromatic N) is 6. The zero-order valence-corrected chi connectivity index (χ0v) is 24.7. The maximum Gasteiger partial charge on any atom is 0.410 e. The van der Waals surface area contributed by atoms with Crippen LogP contribution in [0.15, 0.2) is 54.7 Å². The van der Waals surface area contributed by atoms with E-state index in [1.165, 1.54) is 0 Å². The Morgan fingerprint density at radius 2 is 1.93 bits per heavy atom. The van der Waals surface area contributed by atoms with Gasteiger partial charge in [0, 0.05) is 71.4 Å². The van der Waals surface area contributed by atoms with Crippen LogP contribution in [0.3, 0.4) is 0 Å². The summed E-state index contributed by atoms with van der Waals surface area (Å²) in [5, 5.41) is 16.4. The summed E-state index contributed by atoms with van der Waals surface area (Å²) in [4.78, 5) is 21.9. The van der Waals surface area contributed by atoms with Crippen LogP contribution < -0.4 is 4.90 Å². The third kappa shape index (κ3) is 4.58. The molecule has 1 spiro atoms. The van der Waals surface area contributed by atoms with Gasteiger partial charge in [-0.25, -0.2) is 9.78 Å². The van der Waals surface area contributed by atoms with E-state index in [0.29, 0.717) is 29.5 Å². The molecule has 1 amide bonds. The fourth-order valence-electron chi connectivity index (χ4n) is 6.28. The average molecular weight is 569 g/mol. The molecule has 2 aliphatic heterocycles. The van der Waals surface area contributed by atoms with E-state index in [2.05, 4.69) is 29.1 Å². The van der Waals surface area contributed by atoms with Crippen LogP contribution in [0.2, 0.25) is 5.02 Å². The van der Waals surface area contributed by atoms with E-state index in [1.807, 2.05) is 75.0 Å². The van der Waals surface area contributed by atoms with Crippen molar-refractivity contribution in [3.63, 3.8) is 0 Å². The van der Waals surface area contributed by atoms with Gasteiger partial charge < -0.3 is 14.5 Å². The number of likely N-dealkylation sites (tertiary alicyclic amines) is 1. The van der Waals surface area contributed by atoms with Gasteiger partial charge in [0.1, 0.15) is 23.1 Å². The Morgan fingerprint density at radius 1 is 1.17 bits per heavy atom. The fourth-order valence-corrected chi connectivity index (χ4v) is 6.51. The van der Waals surface area contributed by atoms with Crippen LogP contribution in [0.4, 0.5) is 10.6 Å². The van der Waals surface area contributed by atoms with Crippen molar-refractivity contribution in [2.75, 3.05) is 24.5 Å². The summed E-state index contributed by atoms with van der Waals surface area (Å²) in [7, 11) is 1.91. The predicted molar refractivity (Wildman–Crippen MR) is 161 cm³/mol. The van der Waals surface area contributed by atoms with E-state index in [1.54, 1.807) is 11.1 Å².